The summed E-state index contributed by atoms with van der Waals surface area (Å²) in [6.45, 7) is 0. The molecule has 7 heavy (non-hydrogen) atoms. The van der Waals surface area contributed by atoms with Gasteiger partial charge in [0.15, 0.2) is 0 Å². The monoisotopic (exact) mass is 168 g/mol. The van der Waals surface area contributed by atoms with Gasteiger partial charge in [0, 0.05) is 0 Å². The molecule has 0 atom stereocenters. The van der Waals surface area contributed by atoms with Gasteiger partial charge in [-0.25, -0.2) is 10.3 Å². The first-order valence-electron chi connectivity index (χ1n) is 0.805. The van der Waals surface area contributed by atoms with Gasteiger partial charge in [-0.1, -0.05) is 0 Å². The van der Waals surface area contributed by atoms with Crippen LogP contribution < -0.4 is 10.3 Å². The van der Waals surface area contributed by atoms with E-state index < -0.39 is 10.2 Å². The molecular formula is H6Cl2N2O2S. The van der Waals surface area contributed by atoms with Gasteiger partial charge in [0.1, 0.15) is 0 Å². The van der Waals surface area contributed by atoms with E-state index in [4.69, 9.17) is 0 Å². The number of hydrogen-bond acceptors (Lipinski definition) is 2. The zero-order valence-corrected chi connectivity index (χ0v) is 5.65. The van der Waals surface area contributed by atoms with Gasteiger partial charge in [0.2, 0.25) is 0 Å². The minimum Gasteiger partial charge on any atom is -0.216 e. The summed E-state index contributed by atoms with van der Waals surface area (Å²) in [7, 11) is -3.67. The first-order chi connectivity index (χ1) is 2.00. The highest BCUT2D eigenvalue weighted by Crippen LogP contribution is 1.40. The molecule has 0 aliphatic carbocycles. The van der Waals surface area contributed by atoms with E-state index >= 15 is 0 Å². The number of halogens is 2. The van der Waals surface area contributed by atoms with Crippen molar-refractivity contribution in [1.29, 1.82) is 0 Å². The van der Waals surface area contributed by atoms with E-state index in [2.05, 4.69) is 10.3 Å². The molecule has 0 saturated carbocycles. The van der Waals surface area contributed by atoms with E-state index in [9.17, 15) is 8.42 Å². The highest BCUT2D eigenvalue weighted by molar-refractivity contribution is 7.86. The van der Waals surface area contributed by atoms with E-state index in [-0.39, 0.29) is 24.8 Å². The lowest BCUT2D eigenvalue weighted by Crippen LogP contribution is -2.21. The zero-order valence-electron chi connectivity index (χ0n) is 3.20. The Balaban J connectivity index is -0.0000000800. The molecule has 0 aromatic rings. The summed E-state index contributed by atoms with van der Waals surface area (Å²) in [6.07, 6.45) is 0. The van der Waals surface area contributed by atoms with Gasteiger partial charge in [0.25, 0.3) is 10.2 Å². The largest absolute Gasteiger partial charge is 0.271 e. The van der Waals surface area contributed by atoms with Gasteiger partial charge in [-0.2, -0.15) is 8.42 Å². The lowest BCUT2D eigenvalue weighted by Gasteiger charge is -1.72. The molecule has 0 bridgehead atoms. The second-order valence-corrected chi connectivity index (χ2v) is 1.77. The van der Waals surface area contributed by atoms with Gasteiger partial charge in [-0.15, -0.1) is 24.8 Å². The maximum absolute atomic E-state index is 9.19. The molecule has 48 valence electrons. The van der Waals surface area contributed by atoms with Crippen LogP contribution in [0.1, 0.15) is 0 Å². The second kappa shape index (κ2) is 4.61. The van der Waals surface area contributed by atoms with Crippen LogP contribution in [0.5, 0.6) is 0 Å². The minimum absolute atomic E-state index is 0. The molecule has 0 amide bonds. The normalized spacial score (nSPS) is 8.29. The van der Waals surface area contributed by atoms with Crippen LogP contribution in [0, 0.1) is 0 Å². The lowest BCUT2D eigenvalue weighted by molar-refractivity contribution is 0.599. The Labute approximate surface area is 54.3 Å². The van der Waals surface area contributed by atoms with E-state index in [0.29, 0.717) is 0 Å². The van der Waals surface area contributed by atoms with Crippen molar-refractivity contribution in [2.75, 3.05) is 0 Å². The van der Waals surface area contributed by atoms with Gasteiger partial charge in [-0.05, 0) is 0 Å². The standard InChI is InChI=1S/2ClH.H4N2O2S/c;;1-5(2,3)4/h2*1H;(H4,1,2,3,4). The molecule has 4 N–H and O–H groups in total. The fourth-order valence-corrected chi connectivity index (χ4v) is 0. The third kappa shape index (κ3) is 631. The maximum atomic E-state index is 9.19. The van der Waals surface area contributed by atoms with E-state index in [1.54, 1.807) is 0 Å². The molecule has 0 aliphatic heterocycles. The molecule has 0 aliphatic rings. The Morgan fingerprint density at radius 3 is 1.00 bits per heavy atom. The average molecular weight is 169 g/mol. The Kier molecular flexibility index (Phi) is 10.3. The molecule has 7 heteroatoms. The van der Waals surface area contributed by atoms with Crippen LogP contribution in [0.3, 0.4) is 0 Å². The highest BCUT2D eigenvalue weighted by atomic mass is 35.5. The van der Waals surface area contributed by atoms with Crippen LogP contribution in [0.15, 0.2) is 0 Å². The van der Waals surface area contributed by atoms with Crippen molar-refractivity contribution in [3.05, 3.63) is 0 Å². The van der Waals surface area contributed by atoms with Crippen LogP contribution >= 0.6 is 24.8 Å². The van der Waals surface area contributed by atoms with Gasteiger partial charge in [0.05, 0.1) is 0 Å². The van der Waals surface area contributed by atoms with E-state index in [1.165, 1.54) is 0 Å². The SMILES string of the molecule is Cl.Cl.NS(N)(=O)=O. The molecule has 0 fully saturated rings. The fourth-order valence-electron chi connectivity index (χ4n) is 0. The third-order valence-electron chi connectivity index (χ3n) is 0. The Morgan fingerprint density at radius 1 is 1.00 bits per heavy atom. The molecule has 0 radical (unpaired) electrons. The average Bonchev–Trinajstić information content (AvgIpc) is 0.722. The summed E-state index contributed by atoms with van der Waals surface area (Å²) in [5.41, 5.74) is 0. The summed E-state index contributed by atoms with van der Waals surface area (Å²) in [5.74, 6) is 0. The topological polar surface area (TPSA) is 86.2 Å². The van der Waals surface area contributed by atoms with Crippen LogP contribution in [0.25, 0.3) is 0 Å². The van der Waals surface area contributed by atoms with Crippen molar-refractivity contribution in [3.8, 4) is 0 Å². The van der Waals surface area contributed by atoms with Crippen molar-refractivity contribution in [3.63, 3.8) is 0 Å². The van der Waals surface area contributed by atoms with Crippen LogP contribution in [-0.4, -0.2) is 8.42 Å². The van der Waals surface area contributed by atoms with Crippen LogP contribution in [-0.2, 0) is 10.2 Å². The van der Waals surface area contributed by atoms with Gasteiger partial charge in [-0.3, -0.25) is 0 Å². The summed E-state index contributed by atoms with van der Waals surface area (Å²) >= 11 is 0. The van der Waals surface area contributed by atoms with Crippen molar-refractivity contribution in [2.45, 2.75) is 0 Å². The van der Waals surface area contributed by atoms with Crippen molar-refractivity contribution >= 4 is 35.0 Å². The number of rotatable bonds is 0. The zero-order chi connectivity index (χ0) is 4.50. The quantitative estimate of drug-likeness (QED) is 0.486. The second-order valence-electron chi connectivity index (χ2n) is 0.589. The van der Waals surface area contributed by atoms with Gasteiger partial charge >= 0.3 is 0 Å². The van der Waals surface area contributed by atoms with Crippen LogP contribution in [0.4, 0.5) is 0 Å². The first-order valence-corrected chi connectivity index (χ1v) is 2.41. The van der Waals surface area contributed by atoms with Crippen molar-refractivity contribution in [2.24, 2.45) is 10.3 Å². The Morgan fingerprint density at radius 2 is 1.00 bits per heavy atom. The van der Waals surface area contributed by atoms with Crippen LogP contribution in [0.2, 0.25) is 0 Å². The highest BCUT2D eigenvalue weighted by Gasteiger charge is 1.78. The molecule has 4 nitrogen and oxygen atoms in total. The Hall–Kier alpha value is 0.450. The molecule has 0 aromatic heterocycles. The molecule has 0 heterocycles. The van der Waals surface area contributed by atoms with E-state index in [0.717, 1.165) is 0 Å². The predicted molar refractivity (Wildman–Crippen MR) is 31.8 cm³/mol. The number of nitrogens with two attached hydrogens (primary N) is 2. The predicted octanol–water partition coefficient (Wildman–Crippen LogP) is -1.01. The summed E-state index contributed by atoms with van der Waals surface area (Å²) < 4.78 is 18.4. The molecule has 0 saturated heterocycles. The molecular weight excluding hydrogens is 163 g/mol. The summed E-state index contributed by atoms with van der Waals surface area (Å²) in [5, 5.41) is 8.21. The van der Waals surface area contributed by atoms with Gasteiger partial charge < -0.3 is 0 Å². The number of hydrogen-bond donors (Lipinski definition) is 2. The molecule has 0 aromatic carbocycles. The first kappa shape index (κ1) is 15.7. The summed E-state index contributed by atoms with van der Waals surface area (Å²) in [6, 6.07) is 0. The smallest absolute Gasteiger partial charge is 0.216 e. The fraction of sp³-hybridized carbons (Fsp3) is 0. The van der Waals surface area contributed by atoms with Crippen molar-refractivity contribution in [1.82, 2.24) is 0 Å². The summed E-state index contributed by atoms with van der Waals surface area (Å²) in [4.78, 5) is 0. The molecule has 0 rings (SSSR count). The maximum Gasteiger partial charge on any atom is 0.271 e. The van der Waals surface area contributed by atoms with Crippen molar-refractivity contribution < 1.29 is 8.42 Å². The molecule has 0 unspecified atom stereocenters. The Bertz CT molecular complexity index is 96.9. The minimum atomic E-state index is -3.67. The van der Waals surface area contributed by atoms with E-state index in [1.807, 2.05) is 0 Å². The third-order valence-corrected chi connectivity index (χ3v) is 0. The lowest BCUT2D eigenvalue weighted by atomic mass is 13.9. The molecule has 0 spiro atoms.